The largest absolute Gasteiger partial charge is 0.472 e. The topological polar surface area (TPSA) is 178 Å². The molecule has 0 aromatic rings. The highest BCUT2D eigenvalue weighted by molar-refractivity contribution is 7.47. The molecule has 0 amide bonds. The van der Waals surface area contributed by atoms with Crippen molar-refractivity contribution in [3.8, 4) is 0 Å². The van der Waals surface area contributed by atoms with Gasteiger partial charge in [-0.05, 0) is 0 Å². The quantitative estimate of drug-likeness (QED) is 0.225. The maximum Gasteiger partial charge on any atom is 0.472 e. The van der Waals surface area contributed by atoms with Crippen LogP contribution >= 0.6 is 15.6 Å². The minimum atomic E-state index is -4.59. The minimum Gasteiger partial charge on any atom is -0.460 e. The van der Waals surface area contributed by atoms with Gasteiger partial charge in [0.05, 0.1) is 26.4 Å². The first-order valence-corrected chi connectivity index (χ1v) is 8.68. The van der Waals surface area contributed by atoms with Crippen LogP contribution in [0.25, 0.3) is 0 Å². The van der Waals surface area contributed by atoms with Crippen LogP contribution in [0.15, 0.2) is 0 Å². The first kappa shape index (κ1) is 21.6. The summed E-state index contributed by atoms with van der Waals surface area (Å²) in [5.74, 6) is 0. The number of aliphatic hydroxyl groups is 2. The fourth-order valence-corrected chi connectivity index (χ4v) is 2.14. The fraction of sp³-hybridized carbons (Fsp3) is 0.875. The molecule has 0 heterocycles. The van der Waals surface area contributed by atoms with Gasteiger partial charge in [0.2, 0.25) is 0 Å². The molecule has 4 atom stereocenters. The molecule has 0 saturated carbocycles. The monoisotopic (exact) mass is 368 g/mol. The average Bonchev–Trinajstić information content (AvgIpc) is 2.47. The summed E-state index contributed by atoms with van der Waals surface area (Å²) in [6.07, 6.45) is -2.67. The normalized spacial score (nSPS) is 19.7. The van der Waals surface area contributed by atoms with Crippen molar-refractivity contribution < 1.29 is 56.8 Å². The molecule has 132 valence electrons. The summed E-state index contributed by atoms with van der Waals surface area (Å²) in [6.45, 7) is -2.69. The van der Waals surface area contributed by atoms with E-state index < -0.39 is 54.3 Å². The van der Waals surface area contributed by atoms with Crippen LogP contribution in [0.4, 0.5) is 0 Å². The van der Waals surface area contributed by atoms with E-state index >= 15 is 0 Å². The molecule has 0 aliphatic heterocycles. The fourth-order valence-electron chi connectivity index (χ4n) is 0.889. The minimum absolute atomic E-state index is 0.0253. The zero-order valence-corrected chi connectivity index (χ0v) is 13.3. The van der Waals surface area contributed by atoms with E-state index in [1.807, 2.05) is 0 Å². The number of hydrogen-bond donors (Lipinski definition) is 4. The molecule has 0 aromatic carbocycles. The van der Waals surface area contributed by atoms with E-state index in [-0.39, 0.29) is 6.47 Å². The van der Waals surface area contributed by atoms with Gasteiger partial charge in [0.1, 0.15) is 12.2 Å². The molecule has 0 fully saturated rings. The van der Waals surface area contributed by atoms with Gasteiger partial charge in [0, 0.05) is 7.11 Å². The number of carbonyl (C=O) groups is 1. The van der Waals surface area contributed by atoms with Gasteiger partial charge in [-0.15, -0.1) is 0 Å². The highest BCUT2D eigenvalue weighted by atomic mass is 31.2. The number of aliphatic hydroxyl groups excluding tert-OH is 2. The molecule has 0 aliphatic carbocycles. The summed E-state index contributed by atoms with van der Waals surface area (Å²) < 4.78 is 43.8. The van der Waals surface area contributed by atoms with Crippen LogP contribution in [0, 0.1) is 0 Å². The van der Waals surface area contributed by atoms with Crippen LogP contribution in [-0.4, -0.2) is 72.2 Å². The van der Waals surface area contributed by atoms with Crippen LogP contribution in [0.5, 0.6) is 0 Å². The third kappa shape index (κ3) is 10.4. The van der Waals surface area contributed by atoms with Crippen molar-refractivity contribution >= 4 is 22.1 Å². The molecule has 0 saturated heterocycles. The van der Waals surface area contributed by atoms with Crippen LogP contribution in [-0.2, 0) is 36.8 Å². The zero-order valence-electron chi connectivity index (χ0n) is 11.5. The number of carbonyl (C=O) groups excluding carboxylic acids is 1. The van der Waals surface area contributed by atoms with E-state index in [4.69, 9.17) is 10.00 Å². The Morgan fingerprint density at radius 3 is 2.00 bits per heavy atom. The van der Waals surface area contributed by atoms with Gasteiger partial charge >= 0.3 is 15.6 Å². The van der Waals surface area contributed by atoms with Crippen molar-refractivity contribution in [1.82, 2.24) is 0 Å². The van der Waals surface area contributed by atoms with Gasteiger partial charge in [-0.2, -0.15) is 0 Å². The smallest absolute Gasteiger partial charge is 0.460 e. The summed E-state index contributed by atoms with van der Waals surface area (Å²) in [4.78, 5) is 28.2. The molecule has 22 heavy (non-hydrogen) atoms. The molecule has 2 unspecified atom stereocenters. The summed E-state index contributed by atoms with van der Waals surface area (Å²) in [5, 5.41) is 18.1. The Morgan fingerprint density at radius 1 is 1.05 bits per heavy atom. The second kappa shape index (κ2) is 10.4. The predicted octanol–water partition coefficient (Wildman–Crippen LogP) is -1.22. The van der Waals surface area contributed by atoms with Gasteiger partial charge in [-0.1, -0.05) is 0 Å². The van der Waals surface area contributed by atoms with Gasteiger partial charge in [-0.25, -0.2) is 9.13 Å². The number of rotatable bonds is 13. The second-order valence-electron chi connectivity index (χ2n) is 3.70. The maximum absolute atomic E-state index is 11.4. The zero-order chi connectivity index (χ0) is 17.2. The molecule has 0 bridgehead atoms. The van der Waals surface area contributed by atoms with Crippen LogP contribution in [0.1, 0.15) is 0 Å². The Labute approximate surface area is 125 Å². The summed E-state index contributed by atoms with van der Waals surface area (Å²) in [5.41, 5.74) is 0. The first-order chi connectivity index (χ1) is 10.2. The lowest BCUT2D eigenvalue weighted by atomic mass is 10.4. The number of hydrogen-bond acceptors (Lipinski definition) is 10. The molecule has 0 radical (unpaired) electrons. The molecule has 0 aromatic heterocycles. The van der Waals surface area contributed by atoms with Gasteiger partial charge in [0.15, 0.2) is 0 Å². The van der Waals surface area contributed by atoms with E-state index in [9.17, 15) is 23.9 Å². The first-order valence-electron chi connectivity index (χ1n) is 5.68. The third-order valence-electron chi connectivity index (χ3n) is 1.97. The van der Waals surface area contributed by atoms with Crippen LogP contribution in [0.2, 0.25) is 0 Å². The molecule has 14 heteroatoms. The highest BCUT2D eigenvalue weighted by Crippen LogP contribution is 2.44. The van der Waals surface area contributed by atoms with E-state index in [2.05, 4.69) is 22.8 Å². The lowest BCUT2D eigenvalue weighted by molar-refractivity contribution is -0.137. The molecule has 0 rings (SSSR count). The van der Waals surface area contributed by atoms with E-state index in [0.717, 1.165) is 7.11 Å². The van der Waals surface area contributed by atoms with Crippen molar-refractivity contribution in [1.29, 1.82) is 0 Å². The van der Waals surface area contributed by atoms with Crippen LogP contribution in [0.3, 0.4) is 0 Å². The van der Waals surface area contributed by atoms with Crippen LogP contribution < -0.4 is 0 Å². The SMILES string of the molecule is COP(=O)(O)OC[C@@H](O)COP(=O)(O)OC[C@H](CO)OC=O. The lowest BCUT2D eigenvalue weighted by Crippen LogP contribution is -2.24. The van der Waals surface area contributed by atoms with Gasteiger partial charge in [0.25, 0.3) is 6.47 Å². The van der Waals surface area contributed by atoms with E-state index in [1.165, 1.54) is 0 Å². The van der Waals surface area contributed by atoms with Crippen molar-refractivity contribution in [2.24, 2.45) is 0 Å². The molecule has 4 N–H and O–H groups in total. The van der Waals surface area contributed by atoms with Crippen molar-refractivity contribution in [2.75, 3.05) is 33.5 Å². The Bertz CT molecular complexity index is 414. The summed E-state index contributed by atoms with van der Waals surface area (Å²) >= 11 is 0. The second-order valence-corrected chi connectivity index (χ2v) is 6.71. The summed E-state index contributed by atoms with van der Waals surface area (Å²) in [7, 11) is -7.96. The number of phosphoric acid groups is 2. The van der Waals surface area contributed by atoms with E-state index in [1.54, 1.807) is 0 Å². The van der Waals surface area contributed by atoms with Crippen molar-refractivity contribution in [3.63, 3.8) is 0 Å². The maximum atomic E-state index is 11.4. The lowest BCUT2D eigenvalue weighted by Gasteiger charge is -2.18. The molecular formula is C8H18O12P2. The molecular weight excluding hydrogens is 350 g/mol. The molecule has 0 spiro atoms. The highest BCUT2D eigenvalue weighted by Gasteiger charge is 2.26. The summed E-state index contributed by atoms with van der Waals surface area (Å²) in [6, 6.07) is 0. The van der Waals surface area contributed by atoms with Crippen molar-refractivity contribution in [2.45, 2.75) is 12.2 Å². The Kier molecular flexibility index (Phi) is 10.2. The Hall–Kier alpha value is -0.390. The average molecular weight is 368 g/mol. The van der Waals surface area contributed by atoms with E-state index in [0.29, 0.717) is 0 Å². The standard InChI is InChI=1S/C8H18O12P2/c1-16-21(12,13)18-3-7(11)4-19-22(14,15)20-5-8(2-9)17-6-10/h6-9,11H,2-5H2,1H3,(H,12,13)(H,14,15)/t7-,8+/m1/s1. The molecule has 12 nitrogen and oxygen atoms in total. The third-order valence-corrected chi connectivity index (χ3v) is 3.85. The Morgan fingerprint density at radius 2 is 1.55 bits per heavy atom. The Balaban J connectivity index is 4.12. The van der Waals surface area contributed by atoms with Gasteiger partial charge < -0.3 is 24.7 Å². The number of phosphoric ester groups is 2. The van der Waals surface area contributed by atoms with Crippen molar-refractivity contribution in [3.05, 3.63) is 0 Å². The number of ether oxygens (including phenoxy) is 1. The molecule has 0 aliphatic rings. The van der Waals surface area contributed by atoms with Gasteiger partial charge in [-0.3, -0.25) is 22.9 Å². The predicted molar refractivity (Wildman–Crippen MR) is 68.5 cm³/mol.